The summed E-state index contributed by atoms with van der Waals surface area (Å²) in [5, 5.41) is 4.98. The summed E-state index contributed by atoms with van der Waals surface area (Å²) >= 11 is 1.32. The van der Waals surface area contributed by atoms with E-state index in [4.69, 9.17) is 0 Å². The van der Waals surface area contributed by atoms with Gasteiger partial charge in [0, 0.05) is 18.5 Å². The maximum absolute atomic E-state index is 13.0. The summed E-state index contributed by atoms with van der Waals surface area (Å²) < 4.78 is 27.3. The fourth-order valence-electron chi connectivity index (χ4n) is 2.55. The molecule has 0 aliphatic carbocycles. The van der Waals surface area contributed by atoms with Crippen LogP contribution in [0.4, 0.5) is 5.13 Å². The molecule has 1 aromatic carbocycles. The van der Waals surface area contributed by atoms with E-state index in [0.717, 1.165) is 18.8 Å². The van der Waals surface area contributed by atoms with Crippen LogP contribution in [0.1, 0.15) is 19.5 Å². The fourth-order valence-corrected chi connectivity index (χ4v) is 4.66. The number of likely N-dealkylation sites (N-methyl/N-ethyl adjacent to an activating group) is 1. The number of aromatic nitrogens is 1. The lowest BCUT2D eigenvalue weighted by atomic mass is 10.4. The first-order valence-electron chi connectivity index (χ1n) is 8.86. The van der Waals surface area contributed by atoms with Gasteiger partial charge < -0.3 is 10.2 Å². The minimum Gasteiger partial charge on any atom is -0.303 e. The number of nitrogens with zero attached hydrogens (tertiary/aromatic N) is 3. The van der Waals surface area contributed by atoms with E-state index in [9.17, 15) is 13.2 Å². The largest absolute Gasteiger partial charge is 0.303 e. The topological polar surface area (TPSA) is 82.6 Å². The van der Waals surface area contributed by atoms with Crippen molar-refractivity contribution in [2.75, 3.05) is 38.0 Å². The van der Waals surface area contributed by atoms with Gasteiger partial charge in [-0.2, -0.15) is 4.31 Å². The Morgan fingerprint density at radius 2 is 1.81 bits per heavy atom. The van der Waals surface area contributed by atoms with Crippen LogP contribution in [0.15, 0.2) is 40.6 Å². The van der Waals surface area contributed by atoms with Gasteiger partial charge in [0.1, 0.15) is 0 Å². The lowest BCUT2D eigenvalue weighted by Gasteiger charge is -2.25. The van der Waals surface area contributed by atoms with Crippen molar-refractivity contribution in [1.82, 2.24) is 14.2 Å². The molecule has 2 rings (SSSR count). The van der Waals surface area contributed by atoms with Gasteiger partial charge in [0.2, 0.25) is 15.9 Å². The molecule has 0 saturated heterocycles. The number of rotatable bonds is 10. The average Bonchev–Trinajstić information content (AvgIpc) is 3.06. The van der Waals surface area contributed by atoms with Crippen molar-refractivity contribution in [3.8, 4) is 0 Å². The first kappa shape index (κ1) is 21.5. The molecule has 7 nitrogen and oxygen atoms in total. The average molecular weight is 411 g/mol. The lowest BCUT2D eigenvalue weighted by molar-refractivity contribution is -0.116. The molecule has 1 amide bonds. The van der Waals surface area contributed by atoms with E-state index in [1.165, 1.54) is 15.6 Å². The van der Waals surface area contributed by atoms with Gasteiger partial charge in [-0.1, -0.05) is 32.0 Å². The third kappa shape index (κ3) is 6.10. The number of carbonyl (C=O) groups excluding carboxylic acids is 1. The van der Waals surface area contributed by atoms with Gasteiger partial charge in [0.25, 0.3) is 0 Å². The normalized spacial score (nSPS) is 11.9. The predicted octanol–water partition coefficient (Wildman–Crippen LogP) is 2.42. The Balaban J connectivity index is 2.17. The molecule has 0 atom stereocenters. The first-order chi connectivity index (χ1) is 12.9. The van der Waals surface area contributed by atoms with Crippen LogP contribution in [0, 0.1) is 6.92 Å². The lowest BCUT2D eigenvalue weighted by Crippen LogP contribution is -2.42. The van der Waals surface area contributed by atoms with E-state index in [-0.39, 0.29) is 18.0 Å². The molecule has 0 spiro atoms. The number of hydrogen-bond donors (Lipinski definition) is 1. The zero-order chi connectivity index (χ0) is 19.9. The molecule has 0 aliphatic rings. The smallest absolute Gasteiger partial charge is 0.243 e. The number of carbonyl (C=O) groups is 1. The van der Waals surface area contributed by atoms with Crippen molar-refractivity contribution < 1.29 is 13.2 Å². The van der Waals surface area contributed by atoms with Crippen molar-refractivity contribution in [2.24, 2.45) is 0 Å². The number of aryl methyl sites for hydroxylation is 1. The van der Waals surface area contributed by atoms with Crippen molar-refractivity contribution in [1.29, 1.82) is 0 Å². The number of anilines is 1. The third-order valence-corrected chi connectivity index (χ3v) is 6.86. The van der Waals surface area contributed by atoms with Crippen molar-refractivity contribution in [3.63, 3.8) is 0 Å². The Hall–Kier alpha value is -1.81. The van der Waals surface area contributed by atoms with Crippen LogP contribution in [0.2, 0.25) is 0 Å². The Labute approximate surface area is 165 Å². The number of benzene rings is 1. The van der Waals surface area contributed by atoms with E-state index in [0.29, 0.717) is 11.7 Å². The first-order valence-corrected chi connectivity index (χ1v) is 11.2. The highest BCUT2D eigenvalue weighted by atomic mass is 32.2. The Kier molecular flexibility index (Phi) is 7.91. The standard InChI is InChI=1S/C18H26N4O3S2/c1-4-21(5-2)11-12-22(27(24,25)16-9-7-6-8-10-16)13-17(23)20-18-19-15(3)14-26-18/h6-10,14H,4-5,11-13H2,1-3H3,(H,19,20,23). The highest BCUT2D eigenvalue weighted by Gasteiger charge is 2.27. The monoisotopic (exact) mass is 410 g/mol. The van der Waals surface area contributed by atoms with Crippen LogP contribution in [0.5, 0.6) is 0 Å². The third-order valence-electron chi connectivity index (χ3n) is 4.13. The molecule has 0 unspecified atom stereocenters. The number of hydrogen-bond acceptors (Lipinski definition) is 6. The predicted molar refractivity (Wildman–Crippen MR) is 108 cm³/mol. The Morgan fingerprint density at radius 3 is 2.37 bits per heavy atom. The maximum atomic E-state index is 13.0. The molecule has 0 fully saturated rings. The Bertz CT molecular complexity index is 833. The minimum atomic E-state index is -3.77. The number of sulfonamides is 1. The zero-order valence-electron chi connectivity index (χ0n) is 15.9. The van der Waals surface area contributed by atoms with Crippen LogP contribution >= 0.6 is 11.3 Å². The molecule has 1 N–H and O–H groups in total. The molecular formula is C18H26N4O3S2. The molecular weight excluding hydrogens is 384 g/mol. The second-order valence-electron chi connectivity index (χ2n) is 6.02. The van der Waals surface area contributed by atoms with Gasteiger partial charge in [0.15, 0.2) is 5.13 Å². The van der Waals surface area contributed by atoms with Gasteiger partial charge in [-0.3, -0.25) is 4.79 Å². The number of amides is 1. The summed E-state index contributed by atoms with van der Waals surface area (Å²) in [4.78, 5) is 18.9. The summed E-state index contributed by atoms with van der Waals surface area (Å²) in [6.45, 7) is 8.07. The number of nitrogens with one attached hydrogen (secondary N) is 1. The molecule has 0 aliphatic heterocycles. The van der Waals surface area contributed by atoms with Gasteiger partial charge >= 0.3 is 0 Å². The zero-order valence-corrected chi connectivity index (χ0v) is 17.5. The quantitative estimate of drug-likeness (QED) is 0.650. The van der Waals surface area contributed by atoms with Gasteiger partial charge in [-0.05, 0) is 32.1 Å². The Morgan fingerprint density at radius 1 is 1.15 bits per heavy atom. The van der Waals surface area contributed by atoms with Crippen LogP contribution in [-0.4, -0.2) is 61.2 Å². The van der Waals surface area contributed by atoms with Crippen LogP contribution in [0.3, 0.4) is 0 Å². The van der Waals surface area contributed by atoms with Gasteiger partial charge in [-0.15, -0.1) is 11.3 Å². The van der Waals surface area contributed by atoms with E-state index >= 15 is 0 Å². The maximum Gasteiger partial charge on any atom is 0.243 e. The summed E-state index contributed by atoms with van der Waals surface area (Å²) in [5.74, 6) is -0.400. The van der Waals surface area contributed by atoms with Gasteiger partial charge in [-0.25, -0.2) is 13.4 Å². The van der Waals surface area contributed by atoms with Crippen molar-refractivity contribution in [2.45, 2.75) is 25.7 Å². The molecule has 148 valence electrons. The van der Waals surface area contributed by atoms with Gasteiger partial charge in [0.05, 0.1) is 17.1 Å². The van der Waals surface area contributed by atoms with Crippen molar-refractivity contribution in [3.05, 3.63) is 41.4 Å². The van der Waals surface area contributed by atoms with E-state index < -0.39 is 15.9 Å². The second kappa shape index (κ2) is 9.93. The fraction of sp³-hybridized carbons (Fsp3) is 0.444. The summed E-state index contributed by atoms with van der Waals surface area (Å²) in [6.07, 6.45) is 0. The molecule has 9 heteroatoms. The van der Waals surface area contributed by atoms with Crippen LogP contribution < -0.4 is 5.32 Å². The summed E-state index contributed by atoms with van der Waals surface area (Å²) in [6, 6.07) is 8.20. The molecule has 1 heterocycles. The minimum absolute atomic E-state index is 0.183. The highest BCUT2D eigenvalue weighted by Crippen LogP contribution is 2.17. The number of thiazole rings is 1. The van der Waals surface area contributed by atoms with Crippen molar-refractivity contribution >= 4 is 32.4 Å². The summed E-state index contributed by atoms with van der Waals surface area (Å²) in [5.41, 5.74) is 0.811. The SMILES string of the molecule is CCN(CC)CCN(CC(=O)Nc1nc(C)cs1)S(=O)(=O)c1ccccc1. The molecule has 0 saturated carbocycles. The molecule has 27 heavy (non-hydrogen) atoms. The van der Waals surface area contributed by atoms with E-state index in [2.05, 4.69) is 15.2 Å². The molecule has 0 radical (unpaired) electrons. The molecule has 2 aromatic rings. The highest BCUT2D eigenvalue weighted by molar-refractivity contribution is 7.89. The van der Waals surface area contributed by atoms with Crippen LogP contribution in [-0.2, 0) is 14.8 Å². The molecule has 0 bridgehead atoms. The van der Waals surface area contributed by atoms with E-state index in [1.54, 1.807) is 30.3 Å². The van der Waals surface area contributed by atoms with Crippen LogP contribution in [0.25, 0.3) is 0 Å². The summed E-state index contributed by atoms with van der Waals surface area (Å²) in [7, 11) is -3.77. The second-order valence-corrected chi connectivity index (χ2v) is 8.82. The molecule has 1 aromatic heterocycles. The van der Waals surface area contributed by atoms with E-state index in [1.807, 2.05) is 26.2 Å².